The molecule has 1 amide bonds. The maximum Gasteiger partial charge on any atom is 0.573 e. The smallest absolute Gasteiger partial charge is 0.405 e. The Balaban J connectivity index is 1.91. The lowest BCUT2D eigenvalue weighted by Gasteiger charge is -2.34. The van der Waals surface area contributed by atoms with Crippen LogP contribution in [0.1, 0.15) is 34.6 Å². The van der Waals surface area contributed by atoms with Gasteiger partial charge < -0.3 is 9.64 Å². The zero-order valence-electron chi connectivity index (χ0n) is 12.9. The van der Waals surface area contributed by atoms with Crippen molar-refractivity contribution in [2.45, 2.75) is 25.7 Å². The number of rotatable bonds is 3. The van der Waals surface area contributed by atoms with Crippen LogP contribution in [0.15, 0.2) is 42.6 Å². The minimum atomic E-state index is -4.78. The normalized spacial score (nSPS) is 15.8. The van der Waals surface area contributed by atoms with Gasteiger partial charge in [0.15, 0.2) is 0 Å². The fraction of sp³-hybridized carbons (Fsp3) is 0.294. The SMILES string of the molecule is CC(c1ccccc1OC(F)(F)F)N1CCc2ncccc2C1=O. The molecule has 0 aliphatic carbocycles. The van der Waals surface area contributed by atoms with Crippen LogP contribution in [0.25, 0.3) is 0 Å². The number of carbonyl (C=O) groups excluding carboxylic acids is 1. The van der Waals surface area contributed by atoms with Crippen molar-refractivity contribution >= 4 is 5.91 Å². The van der Waals surface area contributed by atoms with E-state index in [9.17, 15) is 18.0 Å². The third-order valence-corrected chi connectivity index (χ3v) is 4.03. The summed E-state index contributed by atoms with van der Waals surface area (Å²) in [4.78, 5) is 18.4. The second kappa shape index (κ2) is 6.14. The predicted molar refractivity (Wildman–Crippen MR) is 80.5 cm³/mol. The molecule has 1 aliphatic heterocycles. The molecule has 1 unspecified atom stereocenters. The van der Waals surface area contributed by atoms with E-state index in [0.29, 0.717) is 29.8 Å². The van der Waals surface area contributed by atoms with Crippen molar-refractivity contribution in [1.82, 2.24) is 9.88 Å². The first-order valence-electron chi connectivity index (χ1n) is 7.46. The molecule has 0 saturated carbocycles. The van der Waals surface area contributed by atoms with Gasteiger partial charge in [-0.1, -0.05) is 18.2 Å². The van der Waals surface area contributed by atoms with Crippen LogP contribution in [0.3, 0.4) is 0 Å². The van der Waals surface area contributed by atoms with Gasteiger partial charge in [-0.2, -0.15) is 0 Å². The summed E-state index contributed by atoms with van der Waals surface area (Å²) < 4.78 is 41.9. The van der Waals surface area contributed by atoms with Gasteiger partial charge in [0, 0.05) is 24.7 Å². The van der Waals surface area contributed by atoms with Crippen molar-refractivity contribution in [3.63, 3.8) is 0 Å². The molecule has 0 N–H and O–H groups in total. The van der Waals surface area contributed by atoms with Crippen LogP contribution in [0.4, 0.5) is 13.2 Å². The summed E-state index contributed by atoms with van der Waals surface area (Å²) in [6.45, 7) is 2.09. The van der Waals surface area contributed by atoms with E-state index in [0.717, 1.165) is 0 Å². The number of aromatic nitrogens is 1. The van der Waals surface area contributed by atoms with Crippen LogP contribution in [-0.2, 0) is 6.42 Å². The van der Waals surface area contributed by atoms with E-state index in [1.54, 1.807) is 36.2 Å². The molecule has 0 saturated heterocycles. The fourth-order valence-electron chi connectivity index (χ4n) is 2.90. The van der Waals surface area contributed by atoms with Gasteiger partial charge in [0.25, 0.3) is 5.91 Å². The molecule has 0 bridgehead atoms. The minimum Gasteiger partial charge on any atom is -0.405 e. The Morgan fingerprint density at radius 1 is 1.21 bits per heavy atom. The van der Waals surface area contributed by atoms with Crippen LogP contribution in [-0.4, -0.2) is 28.7 Å². The molecule has 1 atom stereocenters. The lowest BCUT2D eigenvalue weighted by Crippen LogP contribution is -2.40. The van der Waals surface area contributed by atoms with E-state index >= 15 is 0 Å². The van der Waals surface area contributed by atoms with Crippen LogP contribution in [0, 0.1) is 0 Å². The molecule has 24 heavy (non-hydrogen) atoms. The summed E-state index contributed by atoms with van der Waals surface area (Å²) in [5.74, 6) is -0.527. The van der Waals surface area contributed by atoms with Gasteiger partial charge in [0.05, 0.1) is 17.3 Å². The molecule has 1 aromatic carbocycles. The van der Waals surface area contributed by atoms with Crippen molar-refractivity contribution < 1.29 is 22.7 Å². The molecule has 2 aromatic rings. The second-order valence-corrected chi connectivity index (χ2v) is 5.51. The van der Waals surface area contributed by atoms with Crippen LogP contribution < -0.4 is 4.74 Å². The standard InChI is InChI=1S/C17H15F3N2O2/c1-11(12-5-2-3-7-15(12)24-17(18,19)20)22-10-8-14-13(16(22)23)6-4-9-21-14/h2-7,9,11H,8,10H2,1H3. The number of pyridine rings is 1. The number of benzene rings is 1. The average Bonchev–Trinajstić information content (AvgIpc) is 2.54. The van der Waals surface area contributed by atoms with Crippen molar-refractivity contribution in [3.8, 4) is 5.75 Å². The summed E-state index contributed by atoms with van der Waals surface area (Å²) in [7, 11) is 0. The van der Waals surface area contributed by atoms with Gasteiger partial charge in [-0.05, 0) is 25.1 Å². The molecule has 0 radical (unpaired) electrons. The molecule has 3 rings (SSSR count). The average molecular weight is 336 g/mol. The van der Waals surface area contributed by atoms with Gasteiger partial charge in [0.2, 0.25) is 0 Å². The zero-order valence-corrected chi connectivity index (χ0v) is 12.9. The van der Waals surface area contributed by atoms with Crippen LogP contribution >= 0.6 is 0 Å². The largest absolute Gasteiger partial charge is 0.573 e. The number of para-hydroxylation sites is 1. The van der Waals surface area contributed by atoms with Gasteiger partial charge in [-0.25, -0.2) is 0 Å². The third-order valence-electron chi connectivity index (χ3n) is 4.03. The number of fused-ring (bicyclic) bond motifs is 1. The van der Waals surface area contributed by atoms with E-state index in [4.69, 9.17) is 0 Å². The highest BCUT2D eigenvalue weighted by Gasteiger charge is 2.35. The van der Waals surface area contributed by atoms with E-state index in [1.165, 1.54) is 18.2 Å². The number of ether oxygens (including phenoxy) is 1. The summed E-state index contributed by atoms with van der Waals surface area (Å²) >= 11 is 0. The number of hydrogen-bond acceptors (Lipinski definition) is 3. The van der Waals surface area contributed by atoms with Gasteiger partial charge >= 0.3 is 6.36 Å². The second-order valence-electron chi connectivity index (χ2n) is 5.51. The minimum absolute atomic E-state index is 0.237. The third kappa shape index (κ3) is 3.20. The molecular weight excluding hydrogens is 321 g/mol. The lowest BCUT2D eigenvalue weighted by atomic mass is 9.99. The topological polar surface area (TPSA) is 42.4 Å². The van der Waals surface area contributed by atoms with E-state index in [1.807, 2.05) is 0 Å². The van der Waals surface area contributed by atoms with Gasteiger partial charge in [-0.15, -0.1) is 13.2 Å². The fourth-order valence-corrected chi connectivity index (χ4v) is 2.90. The molecule has 126 valence electrons. The molecule has 0 spiro atoms. The van der Waals surface area contributed by atoms with Crippen molar-refractivity contribution in [3.05, 3.63) is 59.4 Å². The van der Waals surface area contributed by atoms with E-state index in [2.05, 4.69) is 9.72 Å². The molecule has 0 fully saturated rings. The molecule has 1 aliphatic rings. The predicted octanol–water partition coefficient (Wildman–Crippen LogP) is 3.74. The van der Waals surface area contributed by atoms with Gasteiger partial charge in [0.1, 0.15) is 5.75 Å². The van der Waals surface area contributed by atoms with Crippen LogP contribution in [0.5, 0.6) is 5.75 Å². The highest BCUT2D eigenvalue weighted by Crippen LogP contribution is 2.34. The Bertz CT molecular complexity index is 761. The Labute approximate surface area is 136 Å². The molecule has 1 aromatic heterocycles. The molecule has 7 heteroatoms. The maximum absolute atomic E-state index is 12.7. The van der Waals surface area contributed by atoms with Crippen LogP contribution in [0.2, 0.25) is 0 Å². The quantitative estimate of drug-likeness (QED) is 0.857. The lowest BCUT2D eigenvalue weighted by molar-refractivity contribution is -0.275. The number of amides is 1. The van der Waals surface area contributed by atoms with Crippen molar-refractivity contribution in [2.24, 2.45) is 0 Å². The monoisotopic (exact) mass is 336 g/mol. The van der Waals surface area contributed by atoms with E-state index in [-0.39, 0.29) is 11.7 Å². The summed E-state index contributed by atoms with van der Waals surface area (Å²) in [6.07, 6.45) is -2.59. The molecular formula is C17H15F3N2O2. The van der Waals surface area contributed by atoms with E-state index < -0.39 is 12.4 Å². The first kappa shape index (κ1) is 16.3. The van der Waals surface area contributed by atoms with Crippen molar-refractivity contribution in [1.29, 1.82) is 0 Å². The first-order chi connectivity index (χ1) is 11.4. The number of alkyl halides is 3. The number of halogens is 3. The summed E-state index contributed by atoms with van der Waals surface area (Å²) in [6, 6.07) is 8.69. The Morgan fingerprint density at radius 3 is 2.71 bits per heavy atom. The Hall–Kier alpha value is -2.57. The highest BCUT2D eigenvalue weighted by atomic mass is 19.4. The summed E-state index contributed by atoms with van der Waals surface area (Å²) in [5.41, 5.74) is 1.52. The molecule has 2 heterocycles. The van der Waals surface area contributed by atoms with Crippen molar-refractivity contribution in [2.75, 3.05) is 6.54 Å². The Kier molecular flexibility index (Phi) is 4.17. The first-order valence-corrected chi connectivity index (χ1v) is 7.46. The number of nitrogens with zero attached hydrogens (tertiary/aromatic N) is 2. The zero-order chi connectivity index (χ0) is 17.3. The Morgan fingerprint density at radius 2 is 1.96 bits per heavy atom. The maximum atomic E-state index is 12.7. The molecule has 4 nitrogen and oxygen atoms in total. The van der Waals surface area contributed by atoms with Gasteiger partial charge in [-0.3, -0.25) is 9.78 Å². The summed E-state index contributed by atoms with van der Waals surface area (Å²) in [5, 5.41) is 0. The number of hydrogen-bond donors (Lipinski definition) is 0. The highest BCUT2D eigenvalue weighted by molar-refractivity contribution is 5.96. The number of carbonyl (C=O) groups is 1.